The Morgan fingerprint density at radius 1 is 1.28 bits per heavy atom. The number of aliphatic hydroxyl groups excluding tert-OH is 2. The van der Waals surface area contributed by atoms with Crippen LogP contribution < -0.4 is 5.32 Å². The second-order valence-electron chi connectivity index (χ2n) is 9.13. The summed E-state index contributed by atoms with van der Waals surface area (Å²) in [6.07, 6.45) is 3.15. The Kier molecular flexibility index (Phi) is 6.35. The van der Waals surface area contributed by atoms with Gasteiger partial charge in [-0.3, -0.25) is 4.90 Å². The zero-order chi connectivity index (χ0) is 23.0. The quantitative estimate of drug-likeness (QED) is 0.536. The minimum atomic E-state index is -0.632. The summed E-state index contributed by atoms with van der Waals surface area (Å²) in [5.41, 5.74) is 1.60. The molecular weight excluding hydrogens is 435 g/mol. The molecule has 1 saturated heterocycles. The number of imidazole rings is 1. The zero-order valence-electron chi connectivity index (χ0n) is 18.4. The highest BCUT2D eigenvalue weighted by molar-refractivity contribution is 6.33. The molecule has 8 nitrogen and oxygen atoms in total. The van der Waals surface area contributed by atoms with Crippen LogP contribution in [0.25, 0.3) is 22.3 Å². The Balaban J connectivity index is 1.64. The van der Waals surface area contributed by atoms with E-state index in [1.54, 1.807) is 6.33 Å². The molecule has 0 saturated carbocycles. The van der Waals surface area contributed by atoms with E-state index in [-0.39, 0.29) is 18.2 Å². The smallest absolute Gasteiger partial charge is 0.223 e. The molecule has 2 atom stereocenters. The third-order valence-electron chi connectivity index (χ3n) is 5.74. The molecule has 3 N–H and O–H groups in total. The summed E-state index contributed by atoms with van der Waals surface area (Å²) in [7, 11) is 0. The molecular formula is C22H28ClFN6O2. The molecule has 1 aliphatic heterocycles. The third-order valence-corrected chi connectivity index (χ3v) is 6.02. The van der Waals surface area contributed by atoms with Crippen molar-refractivity contribution in [3.63, 3.8) is 0 Å². The number of nitrogens with zero attached hydrogens (tertiary/aromatic N) is 5. The lowest BCUT2D eigenvalue weighted by molar-refractivity contribution is 0.0512. The van der Waals surface area contributed by atoms with Crippen LogP contribution in [0.3, 0.4) is 0 Å². The fourth-order valence-electron chi connectivity index (χ4n) is 4.06. The molecule has 10 heteroatoms. The Hall–Kier alpha value is -2.33. The summed E-state index contributed by atoms with van der Waals surface area (Å²) < 4.78 is 16.8. The number of hydrogen-bond donors (Lipinski definition) is 3. The first-order valence-corrected chi connectivity index (χ1v) is 11.0. The molecule has 1 aromatic carbocycles. The van der Waals surface area contributed by atoms with E-state index in [1.165, 1.54) is 12.3 Å². The van der Waals surface area contributed by atoms with Gasteiger partial charge in [0.1, 0.15) is 5.52 Å². The average molecular weight is 463 g/mol. The molecule has 0 aliphatic carbocycles. The van der Waals surface area contributed by atoms with Crippen LogP contribution in [-0.2, 0) is 5.54 Å². The predicted octanol–water partition coefficient (Wildman–Crippen LogP) is 2.88. The Morgan fingerprint density at radius 3 is 2.75 bits per heavy atom. The molecule has 0 spiro atoms. The lowest BCUT2D eigenvalue weighted by atomic mass is 10.0. The first kappa shape index (κ1) is 22.8. The normalized spacial score (nSPS) is 20.1. The number of rotatable bonds is 5. The summed E-state index contributed by atoms with van der Waals surface area (Å²) >= 11 is 6.39. The fourth-order valence-corrected chi connectivity index (χ4v) is 4.26. The van der Waals surface area contributed by atoms with Crippen LogP contribution in [0.2, 0.25) is 5.02 Å². The maximum Gasteiger partial charge on any atom is 0.223 e. The third kappa shape index (κ3) is 4.56. The molecule has 4 rings (SSSR count). The summed E-state index contributed by atoms with van der Waals surface area (Å²) in [5.74, 6) is -0.134. The summed E-state index contributed by atoms with van der Waals surface area (Å²) in [6, 6.07) is 2.97. The zero-order valence-corrected chi connectivity index (χ0v) is 19.1. The van der Waals surface area contributed by atoms with Crippen molar-refractivity contribution in [2.45, 2.75) is 44.9 Å². The topological polar surface area (TPSA) is 99.3 Å². The molecule has 3 heterocycles. The van der Waals surface area contributed by atoms with E-state index in [0.717, 1.165) is 6.54 Å². The number of piperidine rings is 1. The van der Waals surface area contributed by atoms with E-state index >= 15 is 0 Å². The Labute approximate surface area is 191 Å². The molecule has 0 amide bonds. The van der Waals surface area contributed by atoms with Crippen molar-refractivity contribution in [1.29, 1.82) is 0 Å². The van der Waals surface area contributed by atoms with Gasteiger partial charge in [-0.2, -0.15) is 0 Å². The summed E-state index contributed by atoms with van der Waals surface area (Å²) in [6.45, 7) is 7.86. The summed E-state index contributed by atoms with van der Waals surface area (Å²) in [4.78, 5) is 15.0. The molecule has 1 aliphatic rings. The molecule has 3 aromatic rings. The molecule has 1 fully saturated rings. The van der Waals surface area contributed by atoms with Gasteiger partial charge in [-0.25, -0.2) is 19.3 Å². The van der Waals surface area contributed by atoms with E-state index in [2.05, 4.69) is 20.3 Å². The molecule has 172 valence electrons. The van der Waals surface area contributed by atoms with Gasteiger partial charge in [0.15, 0.2) is 5.82 Å². The van der Waals surface area contributed by atoms with E-state index in [1.807, 2.05) is 36.3 Å². The van der Waals surface area contributed by atoms with Crippen LogP contribution in [0.5, 0.6) is 0 Å². The van der Waals surface area contributed by atoms with Crippen LogP contribution in [0.1, 0.15) is 27.2 Å². The SMILES string of the molecule is CC(C)(C)n1cnc2c(F)cc(-c3nc(N[C@@H]4CCN(CCO)C[C@H]4O)ncc3Cl)cc21. The van der Waals surface area contributed by atoms with Gasteiger partial charge in [0.2, 0.25) is 5.95 Å². The van der Waals surface area contributed by atoms with Crippen LogP contribution in [-0.4, -0.2) is 73.0 Å². The van der Waals surface area contributed by atoms with Crippen LogP contribution in [0.15, 0.2) is 24.7 Å². The predicted molar refractivity (Wildman–Crippen MR) is 122 cm³/mol. The standard InChI is InChI=1S/C22H28ClFN6O2/c1-22(2,3)30-12-26-20-15(24)8-13(9-17(20)30)19-14(23)10-25-21(28-19)27-16-4-5-29(6-7-31)11-18(16)32/h8-10,12,16,18,31-32H,4-7,11H2,1-3H3,(H,25,27,28)/t16-,18-/m1/s1. The molecule has 0 unspecified atom stereocenters. The van der Waals surface area contributed by atoms with E-state index < -0.39 is 11.9 Å². The van der Waals surface area contributed by atoms with Gasteiger partial charge in [0, 0.05) is 30.7 Å². The van der Waals surface area contributed by atoms with Gasteiger partial charge >= 0.3 is 0 Å². The van der Waals surface area contributed by atoms with Gasteiger partial charge in [0.05, 0.1) is 47.5 Å². The lowest BCUT2D eigenvalue weighted by Crippen LogP contribution is -2.50. The van der Waals surface area contributed by atoms with Gasteiger partial charge in [-0.05, 0) is 39.3 Å². The van der Waals surface area contributed by atoms with Gasteiger partial charge in [-0.15, -0.1) is 0 Å². The fraction of sp³-hybridized carbons (Fsp3) is 0.500. The second-order valence-corrected chi connectivity index (χ2v) is 9.54. The number of benzene rings is 1. The van der Waals surface area contributed by atoms with Crippen molar-refractivity contribution >= 4 is 28.6 Å². The van der Waals surface area contributed by atoms with Gasteiger partial charge in [-0.1, -0.05) is 11.6 Å². The van der Waals surface area contributed by atoms with Crippen molar-refractivity contribution in [3.8, 4) is 11.3 Å². The Bertz CT molecular complexity index is 1120. The second kappa shape index (κ2) is 8.90. The van der Waals surface area contributed by atoms with Crippen molar-refractivity contribution in [2.75, 3.05) is 31.6 Å². The average Bonchev–Trinajstić information content (AvgIpc) is 3.17. The van der Waals surface area contributed by atoms with Gasteiger partial charge in [0.25, 0.3) is 0 Å². The maximum absolute atomic E-state index is 14.9. The van der Waals surface area contributed by atoms with Crippen molar-refractivity contribution in [2.24, 2.45) is 0 Å². The first-order chi connectivity index (χ1) is 15.2. The number of hydrogen-bond acceptors (Lipinski definition) is 7. The minimum absolute atomic E-state index is 0.0590. The van der Waals surface area contributed by atoms with Gasteiger partial charge < -0.3 is 20.1 Å². The van der Waals surface area contributed by atoms with Crippen molar-refractivity contribution in [1.82, 2.24) is 24.4 Å². The maximum atomic E-state index is 14.9. The number of anilines is 1. The molecule has 32 heavy (non-hydrogen) atoms. The number of likely N-dealkylation sites (tertiary alicyclic amines) is 1. The number of aromatic nitrogens is 4. The number of aliphatic hydroxyl groups is 2. The first-order valence-electron chi connectivity index (χ1n) is 10.6. The van der Waals surface area contributed by atoms with Crippen LogP contribution in [0.4, 0.5) is 10.3 Å². The monoisotopic (exact) mass is 462 g/mol. The molecule has 0 bridgehead atoms. The number of β-amino-alcohol motifs (C(OH)–C–C–N with tert-alkyl or cyclic N) is 2. The number of halogens is 2. The minimum Gasteiger partial charge on any atom is -0.395 e. The van der Waals surface area contributed by atoms with Crippen molar-refractivity contribution < 1.29 is 14.6 Å². The lowest BCUT2D eigenvalue weighted by Gasteiger charge is -2.35. The van der Waals surface area contributed by atoms with E-state index in [4.69, 9.17) is 16.7 Å². The number of nitrogens with one attached hydrogen (secondary N) is 1. The molecule has 0 radical (unpaired) electrons. The van der Waals surface area contributed by atoms with Crippen LogP contribution >= 0.6 is 11.6 Å². The highest BCUT2D eigenvalue weighted by Gasteiger charge is 2.28. The van der Waals surface area contributed by atoms with Crippen molar-refractivity contribution in [3.05, 3.63) is 35.5 Å². The Morgan fingerprint density at radius 2 is 2.06 bits per heavy atom. The highest BCUT2D eigenvalue weighted by Crippen LogP contribution is 2.32. The van der Waals surface area contributed by atoms with E-state index in [9.17, 15) is 9.50 Å². The van der Waals surface area contributed by atoms with Crippen LogP contribution in [0, 0.1) is 5.82 Å². The molecule has 2 aromatic heterocycles. The largest absolute Gasteiger partial charge is 0.395 e. The van der Waals surface area contributed by atoms with E-state index in [0.29, 0.717) is 52.8 Å². The highest BCUT2D eigenvalue weighted by atomic mass is 35.5. The summed E-state index contributed by atoms with van der Waals surface area (Å²) in [5, 5.41) is 23.1. The number of fused-ring (bicyclic) bond motifs is 1.